The van der Waals surface area contributed by atoms with E-state index in [0.29, 0.717) is 6.04 Å². The maximum atomic E-state index is 5.09. The predicted molar refractivity (Wildman–Crippen MR) is 79.7 cm³/mol. The zero-order chi connectivity index (χ0) is 13.0. The van der Waals surface area contributed by atoms with Gasteiger partial charge in [-0.3, -0.25) is 4.99 Å². The second kappa shape index (κ2) is 6.25. The minimum Gasteiger partial charge on any atom is -0.385 e. The fourth-order valence-corrected chi connectivity index (χ4v) is 3.06. The highest BCUT2D eigenvalue weighted by Gasteiger charge is 2.17. The second-order valence-electron chi connectivity index (χ2n) is 4.68. The molecule has 1 unspecified atom stereocenters. The molecule has 18 heavy (non-hydrogen) atoms. The number of amidine groups is 1. The number of hydrogen-bond acceptors (Lipinski definition) is 4. The van der Waals surface area contributed by atoms with Gasteiger partial charge >= 0.3 is 0 Å². The zero-order valence-corrected chi connectivity index (χ0v) is 12.0. The van der Waals surface area contributed by atoms with E-state index < -0.39 is 0 Å². The molecule has 98 valence electrons. The van der Waals surface area contributed by atoms with Crippen molar-refractivity contribution >= 4 is 22.6 Å². The van der Waals surface area contributed by atoms with Crippen LogP contribution in [0.5, 0.6) is 0 Å². The third kappa shape index (κ3) is 3.75. The van der Waals surface area contributed by atoms with E-state index in [4.69, 9.17) is 4.74 Å². The van der Waals surface area contributed by atoms with Crippen LogP contribution in [0.15, 0.2) is 23.2 Å². The van der Waals surface area contributed by atoms with Crippen molar-refractivity contribution in [3.05, 3.63) is 29.3 Å². The predicted octanol–water partition coefficient (Wildman–Crippen LogP) is 3.22. The maximum absolute atomic E-state index is 5.09. The van der Waals surface area contributed by atoms with Crippen LogP contribution in [-0.4, -0.2) is 30.7 Å². The van der Waals surface area contributed by atoms with Crippen molar-refractivity contribution in [2.24, 2.45) is 4.99 Å². The number of nitrogens with zero attached hydrogens (tertiary/aromatic N) is 1. The third-order valence-corrected chi connectivity index (χ3v) is 3.87. The van der Waals surface area contributed by atoms with E-state index in [2.05, 4.69) is 42.4 Å². The van der Waals surface area contributed by atoms with Crippen molar-refractivity contribution < 1.29 is 4.74 Å². The van der Waals surface area contributed by atoms with Crippen molar-refractivity contribution in [3.63, 3.8) is 0 Å². The molecule has 1 N–H and O–H groups in total. The Bertz CT molecular complexity index is 425. The summed E-state index contributed by atoms with van der Waals surface area (Å²) in [4.78, 5) is 4.67. The van der Waals surface area contributed by atoms with E-state index >= 15 is 0 Å². The van der Waals surface area contributed by atoms with Gasteiger partial charge in [0.05, 0.1) is 6.04 Å². The van der Waals surface area contributed by atoms with Crippen molar-refractivity contribution in [3.8, 4) is 0 Å². The number of nitrogens with one attached hydrogen (secondary N) is 1. The van der Waals surface area contributed by atoms with Crippen LogP contribution in [0, 0.1) is 13.8 Å². The first-order chi connectivity index (χ1) is 8.67. The van der Waals surface area contributed by atoms with Gasteiger partial charge in [0.25, 0.3) is 0 Å². The van der Waals surface area contributed by atoms with Crippen molar-refractivity contribution in [1.29, 1.82) is 0 Å². The maximum Gasteiger partial charge on any atom is 0.161 e. The molecule has 3 nitrogen and oxygen atoms in total. The molecule has 0 radical (unpaired) electrons. The molecule has 0 aromatic heterocycles. The molecule has 0 fully saturated rings. The largest absolute Gasteiger partial charge is 0.385 e. The van der Waals surface area contributed by atoms with Crippen LogP contribution in [-0.2, 0) is 4.74 Å². The summed E-state index contributed by atoms with van der Waals surface area (Å²) >= 11 is 1.79. The number of anilines is 1. The van der Waals surface area contributed by atoms with Crippen LogP contribution in [0.4, 0.5) is 5.69 Å². The van der Waals surface area contributed by atoms with Crippen LogP contribution in [0.2, 0.25) is 0 Å². The first-order valence-corrected chi connectivity index (χ1v) is 7.21. The summed E-state index contributed by atoms with van der Waals surface area (Å²) in [7, 11) is 1.74. The van der Waals surface area contributed by atoms with Gasteiger partial charge in [-0.25, -0.2) is 0 Å². The Kier molecular flexibility index (Phi) is 4.66. The highest BCUT2D eigenvalue weighted by molar-refractivity contribution is 8.14. The Hall–Kier alpha value is -1.00. The average molecular weight is 264 g/mol. The van der Waals surface area contributed by atoms with E-state index in [0.717, 1.165) is 29.6 Å². The van der Waals surface area contributed by atoms with E-state index in [9.17, 15) is 0 Å². The van der Waals surface area contributed by atoms with Crippen molar-refractivity contribution in [2.45, 2.75) is 26.3 Å². The molecular weight excluding hydrogens is 244 g/mol. The fraction of sp³-hybridized carbons (Fsp3) is 0.500. The van der Waals surface area contributed by atoms with Gasteiger partial charge in [0.2, 0.25) is 0 Å². The van der Waals surface area contributed by atoms with Gasteiger partial charge < -0.3 is 10.1 Å². The number of hydrogen-bond donors (Lipinski definition) is 1. The Morgan fingerprint density at radius 3 is 2.72 bits per heavy atom. The van der Waals surface area contributed by atoms with Gasteiger partial charge in [-0.05, 0) is 43.5 Å². The molecule has 0 aliphatic carbocycles. The van der Waals surface area contributed by atoms with Gasteiger partial charge in [0.15, 0.2) is 5.17 Å². The van der Waals surface area contributed by atoms with Gasteiger partial charge in [-0.15, -0.1) is 0 Å². The van der Waals surface area contributed by atoms with E-state index in [1.54, 1.807) is 18.9 Å². The normalized spacial score (nSPS) is 18.8. The molecule has 1 atom stereocenters. The highest BCUT2D eigenvalue weighted by Crippen LogP contribution is 2.23. The van der Waals surface area contributed by atoms with Gasteiger partial charge in [-0.2, -0.15) is 0 Å². The summed E-state index contributed by atoms with van der Waals surface area (Å²) < 4.78 is 5.09. The number of ether oxygens (including phenoxy) is 1. The number of thioether (sulfide) groups is 1. The SMILES string of the molecule is COCCC1CSC(Nc2cc(C)cc(C)c2)=N1. The minimum absolute atomic E-state index is 0.392. The number of aliphatic imine (C=N–C) groups is 1. The molecular formula is C14H20N2OS. The number of benzene rings is 1. The third-order valence-electron chi connectivity index (χ3n) is 2.84. The molecule has 1 aliphatic heterocycles. The molecule has 0 bridgehead atoms. The summed E-state index contributed by atoms with van der Waals surface area (Å²) in [6, 6.07) is 6.87. The van der Waals surface area contributed by atoms with Gasteiger partial charge in [-0.1, -0.05) is 17.8 Å². The fourth-order valence-electron chi connectivity index (χ4n) is 2.06. The van der Waals surface area contributed by atoms with E-state index in [1.165, 1.54) is 11.1 Å². The van der Waals surface area contributed by atoms with Crippen LogP contribution < -0.4 is 5.32 Å². The molecule has 0 saturated heterocycles. The lowest BCUT2D eigenvalue weighted by Crippen LogP contribution is -2.08. The Labute approximate surface area is 113 Å². The molecule has 0 saturated carbocycles. The summed E-state index contributed by atoms with van der Waals surface area (Å²) in [5.74, 6) is 1.05. The molecule has 1 aromatic rings. The Morgan fingerprint density at radius 2 is 2.06 bits per heavy atom. The van der Waals surface area contributed by atoms with Crippen LogP contribution >= 0.6 is 11.8 Å². The zero-order valence-electron chi connectivity index (χ0n) is 11.2. The second-order valence-corrected chi connectivity index (χ2v) is 5.69. The Balaban J connectivity index is 1.97. The first-order valence-electron chi connectivity index (χ1n) is 6.22. The first kappa shape index (κ1) is 13.4. The summed E-state index contributed by atoms with van der Waals surface area (Å²) in [6.45, 7) is 5.01. The highest BCUT2D eigenvalue weighted by atomic mass is 32.2. The summed E-state index contributed by atoms with van der Waals surface area (Å²) in [5, 5.41) is 4.43. The lowest BCUT2D eigenvalue weighted by Gasteiger charge is -2.07. The molecule has 0 spiro atoms. The molecule has 0 amide bonds. The smallest absolute Gasteiger partial charge is 0.161 e. The number of rotatable bonds is 4. The summed E-state index contributed by atoms with van der Waals surface area (Å²) in [5.41, 5.74) is 3.68. The molecule has 2 rings (SSSR count). The van der Waals surface area contributed by atoms with Crippen molar-refractivity contribution in [1.82, 2.24) is 0 Å². The monoisotopic (exact) mass is 264 g/mol. The van der Waals surface area contributed by atoms with E-state index in [-0.39, 0.29) is 0 Å². The Morgan fingerprint density at radius 1 is 1.33 bits per heavy atom. The number of methoxy groups -OCH3 is 1. The minimum atomic E-state index is 0.392. The van der Waals surface area contributed by atoms with Crippen LogP contribution in [0.1, 0.15) is 17.5 Å². The van der Waals surface area contributed by atoms with Gasteiger partial charge in [0.1, 0.15) is 0 Å². The average Bonchev–Trinajstić information content (AvgIpc) is 2.72. The van der Waals surface area contributed by atoms with Crippen LogP contribution in [0.25, 0.3) is 0 Å². The topological polar surface area (TPSA) is 33.6 Å². The standard InChI is InChI=1S/C14H20N2OS/c1-10-6-11(2)8-13(7-10)16-14-15-12(9-18-14)4-5-17-3/h6-8,12H,4-5,9H2,1-3H3,(H,15,16). The summed E-state index contributed by atoms with van der Waals surface area (Å²) in [6.07, 6.45) is 1.00. The number of aryl methyl sites for hydroxylation is 2. The lowest BCUT2D eigenvalue weighted by atomic mass is 10.1. The van der Waals surface area contributed by atoms with Crippen molar-refractivity contribution in [2.75, 3.05) is 24.8 Å². The van der Waals surface area contributed by atoms with Gasteiger partial charge in [0, 0.05) is 25.2 Å². The van der Waals surface area contributed by atoms with E-state index in [1.807, 2.05) is 0 Å². The molecule has 1 aromatic carbocycles. The van der Waals surface area contributed by atoms with Crippen LogP contribution in [0.3, 0.4) is 0 Å². The molecule has 4 heteroatoms. The molecule has 1 aliphatic rings. The quantitative estimate of drug-likeness (QED) is 0.906. The lowest BCUT2D eigenvalue weighted by molar-refractivity contribution is 0.190. The molecule has 1 heterocycles.